The molecule has 30 heavy (non-hydrogen) atoms. The van der Waals surface area contributed by atoms with Crippen LogP contribution in [-0.4, -0.2) is 33.0 Å². The fraction of sp³-hybridized carbons (Fsp3) is 0.143. The van der Waals surface area contributed by atoms with Crippen molar-refractivity contribution >= 4 is 27.3 Å². The third-order valence-corrected chi connectivity index (χ3v) is 6.22. The first-order chi connectivity index (χ1) is 14.4. The number of amides is 1. The molecule has 2 aromatic carbocycles. The molecule has 1 amide bonds. The van der Waals surface area contributed by atoms with Crippen LogP contribution in [0.4, 0.5) is 15.8 Å². The summed E-state index contributed by atoms with van der Waals surface area (Å²) in [5, 5.41) is 0. The Kier molecular flexibility index (Phi) is 5.13. The molecule has 4 rings (SSSR count). The highest BCUT2D eigenvalue weighted by Crippen LogP contribution is 2.33. The first kappa shape index (κ1) is 19.8. The van der Waals surface area contributed by atoms with Crippen LogP contribution in [-0.2, 0) is 16.4 Å². The molecule has 0 unspecified atom stereocenters. The molecule has 1 aliphatic heterocycles. The molecule has 0 saturated carbocycles. The Labute approximate surface area is 173 Å². The van der Waals surface area contributed by atoms with Crippen LogP contribution in [0.3, 0.4) is 0 Å². The van der Waals surface area contributed by atoms with Gasteiger partial charge >= 0.3 is 0 Å². The number of methoxy groups -OCH3 is 1. The average molecular weight is 427 g/mol. The minimum Gasteiger partial charge on any atom is -0.494 e. The zero-order valence-corrected chi connectivity index (χ0v) is 16.8. The number of hydrogen-bond donors (Lipinski definition) is 1. The number of carbonyl (C=O) groups excluding carboxylic acids is 1. The van der Waals surface area contributed by atoms with E-state index in [1.54, 1.807) is 47.6 Å². The molecule has 0 saturated heterocycles. The summed E-state index contributed by atoms with van der Waals surface area (Å²) >= 11 is 0. The van der Waals surface area contributed by atoms with Gasteiger partial charge in [0.05, 0.1) is 17.7 Å². The molecule has 9 heteroatoms. The van der Waals surface area contributed by atoms with Gasteiger partial charge in [-0.3, -0.25) is 14.5 Å². The Morgan fingerprint density at radius 2 is 1.90 bits per heavy atom. The van der Waals surface area contributed by atoms with Crippen LogP contribution in [0.2, 0.25) is 0 Å². The molecule has 0 radical (unpaired) electrons. The molecule has 2 heterocycles. The van der Waals surface area contributed by atoms with Crippen molar-refractivity contribution in [2.24, 2.45) is 0 Å². The van der Waals surface area contributed by atoms with E-state index in [9.17, 15) is 17.6 Å². The van der Waals surface area contributed by atoms with Gasteiger partial charge in [-0.15, -0.1) is 0 Å². The Hall–Kier alpha value is -3.46. The number of carbonyl (C=O) groups is 1. The molecule has 0 spiro atoms. The van der Waals surface area contributed by atoms with Gasteiger partial charge in [-0.25, -0.2) is 12.8 Å². The molecule has 0 atom stereocenters. The third kappa shape index (κ3) is 3.71. The van der Waals surface area contributed by atoms with Crippen molar-refractivity contribution < 1.29 is 22.3 Å². The van der Waals surface area contributed by atoms with Crippen LogP contribution in [0.25, 0.3) is 0 Å². The largest absolute Gasteiger partial charge is 0.494 e. The second-order valence-electron chi connectivity index (χ2n) is 6.69. The Morgan fingerprint density at radius 3 is 2.60 bits per heavy atom. The molecule has 7 nitrogen and oxygen atoms in total. The van der Waals surface area contributed by atoms with Gasteiger partial charge in [0.25, 0.3) is 15.9 Å². The van der Waals surface area contributed by atoms with Crippen LogP contribution < -0.4 is 14.4 Å². The topological polar surface area (TPSA) is 88.6 Å². The minimum absolute atomic E-state index is 0.0447. The van der Waals surface area contributed by atoms with E-state index >= 15 is 0 Å². The van der Waals surface area contributed by atoms with Gasteiger partial charge in [-0.05, 0) is 54.4 Å². The Morgan fingerprint density at radius 1 is 1.13 bits per heavy atom. The molecule has 0 fully saturated rings. The van der Waals surface area contributed by atoms with Crippen LogP contribution in [0, 0.1) is 5.82 Å². The quantitative estimate of drug-likeness (QED) is 0.675. The van der Waals surface area contributed by atoms with Gasteiger partial charge in [0.1, 0.15) is 0 Å². The van der Waals surface area contributed by atoms with Crippen LogP contribution in [0.15, 0.2) is 65.8 Å². The molecular weight excluding hydrogens is 409 g/mol. The van der Waals surface area contributed by atoms with Crippen LogP contribution >= 0.6 is 0 Å². The Balaban J connectivity index is 1.61. The number of rotatable bonds is 5. The number of sulfonamides is 1. The molecule has 3 aromatic rings. The first-order valence-electron chi connectivity index (χ1n) is 9.10. The second-order valence-corrected chi connectivity index (χ2v) is 8.37. The van der Waals surface area contributed by atoms with Gasteiger partial charge in [0, 0.05) is 30.2 Å². The lowest BCUT2D eigenvalue weighted by Gasteiger charge is -2.18. The summed E-state index contributed by atoms with van der Waals surface area (Å²) in [6.07, 6.45) is 3.76. The van der Waals surface area contributed by atoms with Crippen molar-refractivity contribution in [3.63, 3.8) is 0 Å². The second kappa shape index (κ2) is 7.75. The standard InChI is InChI=1S/C21H18FN3O4S/c1-29-20-5-4-17(13-18(20)22)30(27,28)24-16-3-2-14-8-11-25(19(14)12-16)21(26)15-6-9-23-10-7-15/h2-7,9-10,12-13,24H,8,11H2,1H3. The molecular formula is C21H18FN3O4S. The molecule has 1 aliphatic rings. The fourth-order valence-corrected chi connectivity index (χ4v) is 4.39. The van der Waals surface area contributed by atoms with Crippen LogP contribution in [0.1, 0.15) is 15.9 Å². The SMILES string of the molecule is COc1ccc(S(=O)(=O)Nc2ccc3c(c2)N(C(=O)c2ccncc2)CC3)cc1F. The predicted molar refractivity (Wildman–Crippen MR) is 110 cm³/mol. The number of benzene rings is 2. The Bertz CT molecular complexity index is 1220. The number of ether oxygens (including phenoxy) is 1. The number of pyridine rings is 1. The minimum atomic E-state index is -4.03. The lowest BCUT2D eigenvalue weighted by Crippen LogP contribution is -2.28. The molecule has 1 aromatic heterocycles. The van der Waals surface area contributed by atoms with Crippen molar-refractivity contribution in [2.75, 3.05) is 23.3 Å². The van der Waals surface area contributed by atoms with Gasteiger partial charge < -0.3 is 9.64 Å². The summed E-state index contributed by atoms with van der Waals surface area (Å²) < 4.78 is 46.6. The number of nitrogens with zero attached hydrogens (tertiary/aromatic N) is 2. The highest BCUT2D eigenvalue weighted by Gasteiger charge is 2.26. The van der Waals surface area contributed by atoms with E-state index in [0.717, 1.165) is 11.6 Å². The summed E-state index contributed by atoms with van der Waals surface area (Å²) in [6, 6.07) is 11.7. The van der Waals surface area contributed by atoms with E-state index in [1.165, 1.54) is 19.2 Å². The summed E-state index contributed by atoms with van der Waals surface area (Å²) in [4.78, 5) is 18.1. The number of anilines is 2. The number of aromatic nitrogens is 1. The zero-order valence-electron chi connectivity index (χ0n) is 16.0. The summed E-state index contributed by atoms with van der Waals surface area (Å²) in [5.41, 5.74) is 2.35. The van der Waals surface area contributed by atoms with Crippen molar-refractivity contribution in [3.8, 4) is 5.75 Å². The summed E-state index contributed by atoms with van der Waals surface area (Å²) in [7, 11) is -2.73. The van der Waals surface area contributed by atoms with Gasteiger partial charge in [0.2, 0.25) is 0 Å². The van der Waals surface area contributed by atoms with Crippen molar-refractivity contribution in [2.45, 2.75) is 11.3 Å². The van der Waals surface area contributed by atoms with E-state index in [0.29, 0.717) is 24.2 Å². The third-order valence-electron chi connectivity index (χ3n) is 4.84. The maximum atomic E-state index is 13.9. The normalized spacial score (nSPS) is 13.1. The average Bonchev–Trinajstić information content (AvgIpc) is 3.16. The van der Waals surface area contributed by atoms with Gasteiger partial charge in [-0.2, -0.15) is 0 Å². The lowest BCUT2D eigenvalue weighted by atomic mass is 10.1. The zero-order chi connectivity index (χ0) is 21.3. The van der Waals surface area contributed by atoms with E-state index in [4.69, 9.17) is 4.74 Å². The fourth-order valence-electron chi connectivity index (χ4n) is 3.33. The molecule has 1 N–H and O–H groups in total. The van der Waals surface area contributed by atoms with E-state index in [-0.39, 0.29) is 22.2 Å². The van der Waals surface area contributed by atoms with Crippen molar-refractivity contribution in [1.29, 1.82) is 0 Å². The molecule has 0 bridgehead atoms. The van der Waals surface area contributed by atoms with E-state index < -0.39 is 15.8 Å². The van der Waals surface area contributed by atoms with E-state index in [2.05, 4.69) is 9.71 Å². The van der Waals surface area contributed by atoms with Crippen molar-refractivity contribution in [3.05, 3.63) is 77.9 Å². The monoisotopic (exact) mass is 427 g/mol. The summed E-state index contributed by atoms with van der Waals surface area (Å²) in [5.74, 6) is -1.01. The van der Waals surface area contributed by atoms with Gasteiger partial charge in [0.15, 0.2) is 11.6 Å². The molecule has 154 valence electrons. The number of hydrogen-bond acceptors (Lipinski definition) is 5. The predicted octanol–water partition coefficient (Wildman–Crippen LogP) is 3.23. The van der Waals surface area contributed by atoms with Crippen LogP contribution in [0.5, 0.6) is 5.75 Å². The first-order valence-corrected chi connectivity index (χ1v) is 10.6. The number of nitrogens with one attached hydrogen (secondary N) is 1. The maximum Gasteiger partial charge on any atom is 0.262 e. The smallest absolute Gasteiger partial charge is 0.262 e. The van der Waals surface area contributed by atoms with Crippen molar-refractivity contribution in [1.82, 2.24) is 4.98 Å². The highest BCUT2D eigenvalue weighted by molar-refractivity contribution is 7.92. The maximum absolute atomic E-state index is 13.9. The number of fused-ring (bicyclic) bond motifs is 1. The summed E-state index contributed by atoms with van der Waals surface area (Å²) in [6.45, 7) is 0.496. The lowest BCUT2D eigenvalue weighted by molar-refractivity contribution is 0.0989. The number of halogens is 1. The van der Waals surface area contributed by atoms with E-state index in [1.807, 2.05) is 0 Å². The highest BCUT2D eigenvalue weighted by atomic mass is 32.2. The molecule has 0 aliphatic carbocycles. The van der Waals surface area contributed by atoms with Gasteiger partial charge in [-0.1, -0.05) is 6.07 Å².